The minimum absolute atomic E-state index is 0.0168. The zero-order chi connectivity index (χ0) is 22.6. The van der Waals surface area contributed by atoms with E-state index in [9.17, 15) is 4.79 Å². The van der Waals surface area contributed by atoms with E-state index in [0.29, 0.717) is 25.3 Å². The van der Waals surface area contributed by atoms with E-state index < -0.39 is 0 Å². The van der Waals surface area contributed by atoms with Crippen LogP contribution in [0, 0.1) is 0 Å². The fourth-order valence-corrected chi connectivity index (χ4v) is 4.36. The number of hydrogen-bond donors (Lipinski definition) is 1. The highest BCUT2D eigenvalue weighted by molar-refractivity contribution is 6.02. The van der Waals surface area contributed by atoms with E-state index in [4.69, 9.17) is 9.47 Å². The average molecular weight is 439 g/mol. The molecule has 1 heterocycles. The topological polar surface area (TPSA) is 50.8 Å². The maximum atomic E-state index is 13.3. The van der Waals surface area contributed by atoms with Crippen LogP contribution < -0.4 is 14.8 Å². The molecule has 4 aromatic rings. The average Bonchev–Trinajstić information content (AvgIpc) is 2.87. The van der Waals surface area contributed by atoms with Crippen molar-refractivity contribution < 1.29 is 14.3 Å². The maximum Gasteiger partial charge on any atom is 0.257 e. The van der Waals surface area contributed by atoms with Crippen LogP contribution in [0.15, 0.2) is 91.0 Å². The molecule has 5 nitrogen and oxygen atoms in total. The lowest BCUT2D eigenvalue weighted by Gasteiger charge is -2.38. The molecule has 0 spiro atoms. The lowest BCUT2D eigenvalue weighted by Crippen LogP contribution is -2.43. The van der Waals surface area contributed by atoms with Gasteiger partial charge in [0.05, 0.1) is 5.56 Å². The van der Waals surface area contributed by atoms with Gasteiger partial charge in [-0.15, -0.1) is 0 Å². The molecule has 0 aromatic heterocycles. The van der Waals surface area contributed by atoms with Gasteiger partial charge in [-0.1, -0.05) is 60.7 Å². The van der Waals surface area contributed by atoms with Gasteiger partial charge >= 0.3 is 0 Å². The molecule has 166 valence electrons. The third kappa shape index (κ3) is 4.10. The van der Waals surface area contributed by atoms with Gasteiger partial charge in [0.2, 0.25) is 0 Å². The SMILES string of the molecule is CCN1C(=O)c2ccccc2NC1c1c(OCCOc2ccccc2)ccc2ccccc12. The molecule has 5 rings (SSSR count). The number of carbonyl (C=O) groups is 1. The summed E-state index contributed by atoms with van der Waals surface area (Å²) in [7, 11) is 0. The van der Waals surface area contributed by atoms with Gasteiger partial charge in [-0.2, -0.15) is 0 Å². The third-order valence-corrected chi connectivity index (χ3v) is 5.92. The van der Waals surface area contributed by atoms with Crippen LogP contribution in [0.2, 0.25) is 0 Å². The van der Waals surface area contributed by atoms with Gasteiger partial charge in [0, 0.05) is 17.8 Å². The van der Waals surface area contributed by atoms with Crippen LogP contribution in [0.3, 0.4) is 0 Å². The highest BCUT2D eigenvalue weighted by atomic mass is 16.5. The van der Waals surface area contributed by atoms with Crippen molar-refractivity contribution in [3.8, 4) is 11.5 Å². The van der Waals surface area contributed by atoms with Crippen molar-refractivity contribution in [2.24, 2.45) is 0 Å². The number of nitrogens with one attached hydrogen (secondary N) is 1. The highest BCUT2D eigenvalue weighted by Gasteiger charge is 2.34. The van der Waals surface area contributed by atoms with Crippen LogP contribution in [0.4, 0.5) is 5.69 Å². The van der Waals surface area contributed by atoms with E-state index in [-0.39, 0.29) is 12.1 Å². The molecule has 0 bridgehead atoms. The van der Waals surface area contributed by atoms with Crippen LogP contribution in [-0.2, 0) is 0 Å². The summed E-state index contributed by atoms with van der Waals surface area (Å²) in [5, 5.41) is 5.75. The van der Waals surface area contributed by atoms with Crippen LogP contribution in [0.5, 0.6) is 11.5 Å². The molecule has 0 radical (unpaired) electrons. The second-order valence-electron chi connectivity index (χ2n) is 7.89. The minimum Gasteiger partial charge on any atom is -0.490 e. The summed E-state index contributed by atoms with van der Waals surface area (Å²) in [6.07, 6.45) is -0.339. The van der Waals surface area contributed by atoms with Crippen molar-refractivity contribution in [2.45, 2.75) is 13.1 Å². The second kappa shape index (κ2) is 9.25. The number of benzene rings is 4. The van der Waals surface area contributed by atoms with Gasteiger partial charge in [0.15, 0.2) is 0 Å². The fraction of sp³-hybridized carbons (Fsp3) is 0.179. The van der Waals surface area contributed by atoms with E-state index in [1.54, 1.807) is 0 Å². The van der Waals surface area contributed by atoms with Crippen LogP contribution in [0.25, 0.3) is 10.8 Å². The maximum absolute atomic E-state index is 13.3. The number of nitrogens with zero attached hydrogens (tertiary/aromatic N) is 1. The Kier molecular flexibility index (Phi) is 5.85. The Morgan fingerprint density at radius 2 is 1.55 bits per heavy atom. The minimum atomic E-state index is -0.339. The quantitative estimate of drug-likeness (QED) is 0.366. The van der Waals surface area contributed by atoms with Crippen molar-refractivity contribution in [1.82, 2.24) is 4.90 Å². The third-order valence-electron chi connectivity index (χ3n) is 5.92. The van der Waals surface area contributed by atoms with E-state index >= 15 is 0 Å². The first-order chi connectivity index (χ1) is 16.3. The molecule has 0 aliphatic carbocycles. The van der Waals surface area contributed by atoms with E-state index in [2.05, 4.69) is 23.5 Å². The normalized spacial score (nSPS) is 15.1. The standard InChI is InChI=1S/C28H26N2O3/c1-2-30-27(29-24-15-9-8-14-23(24)28(30)31)26-22-13-7-6-10-20(22)16-17-25(26)33-19-18-32-21-11-4-3-5-12-21/h3-17,27,29H,2,18-19H2,1H3. The molecular weight excluding hydrogens is 412 g/mol. The van der Waals surface area contributed by atoms with Gasteiger partial charge in [0.1, 0.15) is 30.9 Å². The highest BCUT2D eigenvalue weighted by Crippen LogP contribution is 2.40. The summed E-state index contributed by atoms with van der Waals surface area (Å²) in [6.45, 7) is 3.39. The molecule has 1 aliphatic rings. The summed E-state index contributed by atoms with van der Waals surface area (Å²) >= 11 is 0. The summed E-state index contributed by atoms with van der Waals surface area (Å²) in [4.78, 5) is 15.2. The number of anilines is 1. The number of hydrogen-bond acceptors (Lipinski definition) is 4. The summed E-state index contributed by atoms with van der Waals surface area (Å²) in [6, 6.07) is 29.6. The zero-order valence-corrected chi connectivity index (χ0v) is 18.5. The molecule has 1 atom stereocenters. The fourth-order valence-electron chi connectivity index (χ4n) is 4.36. The predicted molar refractivity (Wildman–Crippen MR) is 131 cm³/mol. The largest absolute Gasteiger partial charge is 0.490 e. The van der Waals surface area contributed by atoms with Crippen molar-refractivity contribution in [3.05, 3.63) is 102 Å². The Balaban J connectivity index is 1.49. The first kappa shape index (κ1) is 20.9. The zero-order valence-electron chi connectivity index (χ0n) is 18.5. The molecule has 0 saturated heterocycles. The second-order valence-corrected chi connectivity index (χ2v) is 7.89. The predicted octanol–water partition coefficient (Wildman–Crippen LogP) is 5.88. The lowest BCUT2D eigenvalue weighted by molar-refractivity contribution is 0.0693. The summed E-state index contributed by atoms with van der Waals surface area (Å²) in [5.41, 5.74) is 2.48. The van der Waals surface area contributed by atoms with Crippen LogP contribution in [0.1, 0.15) is 29.0 Å². The number of para-hydroxylation sites is 2. The van der Waals surface area contributed by atoms with Gasteiger partial charge in [-0.25, -0.2) is 0 Å². The molecule has 1 amide bonds. The van der Waals surface area contributed by atoms with Crippen molar-refractivity contribution in [2.75, 3.05) is 25.1 Å². The monoisotopic (exact) mass is 438 g/mol. The van der Waals surface area contributed by atoms with Crippen molar-refractivity contribution >= 4 is 22.4 Å². The molecule has 5 heteroatoms. The van der Waals surface area contributed by atoms with Crippen LogP contribution >= 0.6 is 0 Å². The number of ether oxygens (including phenoxy) is 2. The molecular formula is C28H26N2O3. The molecule has 1 N–H and O–H groups in total. The molecule has 33 heavy (non-hydrogen) atoms. The van der Waals surface area contributed by atoms with Gasteiger partial charge < -0.3 is 19.7 Å². The Bertz CT molecular complexity index is 1270. The molecule has 0 fully saturated rings. The molecule has 0 saturated carbocycles. The van der Waals surface area contributed by atoms with E-state index in [0.717, 1.165) is 33.5 Å². The Morgan fingerprint density at radius 3 is 2.39 bits per heavy atom. The number of carbonyl (C=O) groups excluding carboxylic acids is 1. The van der Waals surface area contributed by atoms with Crippen molar-refractivity contribution in [3.63, 3.8) is 0 Å². The molecule has 4 aromatic carbocycles. The molecule has 1 aliphatic heterocycles. The van der Waals surface area contributed by atoms with Gasteiger partial charge in [-0.05, 0) is 48.0 Å². The van der Waals surface area contributed by atoms with E-state index in [1.807, 2.05) is 84.6 Å². The van der Waals surface area contributed by atoms with Gasteiger partial charge in [-0.3, -0.25) is 4.79 Å². The Morgan fingerprint density at radius 1 is 0.818 bits per heavy atom. The number of amides is 1. The van der Waals surface area contributed by atoms with E-state index in [1.165, 1.54) is 0 Å². The smallest absolute Gasteiger partial charge is 0.257 e. The Labute approximate surface area is 193 Å². The number of rotatable bonds is 7. The molecule has 1 unspecified atom stereocenters. The van der Waals surface area contributed by atoms with Gasteiger partial charge in [0.25, 0.3) is 5.91 Å². The lowest BCUT2D eigenvalue weighted by atomic mass is 9.97. The first-order valence-electron chi connectivity index (χ1n) is 11.2. The first-order valence-corrected chi connectivity index (χ1v) is 11.2. The number of fused-ring (bicyclic) bond motifs is 2. The van der Waals surface area contributed by atoms with Crippen LogP contribution in [-0.4, -0.2) is 30.6 Å². The summed E-state index contributed by atoms with van der Waals surface area (Å²) in [5.74, 6) is 1.57. The van der Waals surface area contributed by atoms with Crippen molar-refractivity contribution in [1.29, 1.82) is 0 Å². The Hall–Kier alpha value is -3.99. The summed E-state index contributed by atoms with van der Waals surface area (Å²) < 4.78 is 12.0.